The highest BCUT2D eigenvalue weighted by atomic mass is 16.5. The Balaban J connectivity index is 2.50. The van der Waals surface area contributed by atoms with Crippen molar-refractivity contribution >= 4 is 5.97 Å². The van der Waals surface area contributed by atoms with Crippen LogP contribution in [-0.4, -0.2) is 25.3 Å². The zero-order valence-corrected chi connectivity index (χ0v) is 14.8. The Morgan fingerprint density at radius 2 is 1.67 bits per heavy atom. The summed E-state index contributed by atoms with van der Waals surface area (Å²) in [5.74, 6) is -0.113. The van der Waals surface area contributed by atoms with Gasteiger partial charge in [0.05, 0.1) is 20.1 Å². The second-order valence-corrected chi connectivity index (χ2v) is 6.09. The van der Waals surface area contributed by atoms with Crippen molar-refractivity contribution in [2.75, 3.05) is 14.2 Å². The number of carboxylic acids is 1. The fourth-order valence-electron chi connectivity index (χ4n) is 3.32. The molecule has 2 aromatic carbocycles. The number of benzene rings is 2. The number of aliphatic carboxylic acids is 1. The van der Waals surface area contributed by atoms with E-state index in [0.29, 0.717) is 17.9 Å². The highest BCUT2D eigenvalue weighted by Gasteiger charge is 2.25. The minimum absolute atomic E-state index is 0.348. The quantitative estimate of drug-likeness (QED) is 0.869. The first kappa shape index (κ1) is 17.9. The first-order chi connectivity index (χ1) is 11.4. The fourth-order valence-corrected chi connectivity index (χ4v) is 3.32. The summed E-state index contributed by atoms with van der Waals surface area (Å²) >= 11 is 0. The molecule has 1 atom stereocenters. The predicted octanol–water partition coefficient (Wildman–Crippen LogP) is 4.04. The van der Waals surface area contributed by atoms with Gasteiger partial charge in [-0.15, -0.1) is 0 Å². The van der Waals surface area contributed by atoms with Gasteiger partial charge in [0.15, 0.2) is 0 Å². The Bertz CT molecular complexity index is 726. The maximum Gasteiger partial charge on any atom is 0.311 e. The molecule has 0 spiro atoms. The SMILES string of the molecule is COc1ccc(OC)c(CC(C(=O)O)c2c(C)cc(C)cc2C)c1. The lowest BCUT2D eigenvalue weighted by Gasteiger charge is -2.20. The lowest BCUT2D eigenvalue weighted by atomic mass is 9.85. The molecule has 0 aromatic heterocycles. The summed E-state index contributed by atoms with van der Waals surface area (Å²) in [6.07, 6.45) is 0.348. The molecule has 1 unspecified atom stereocenters. The third kappa shape index (κ3) is 3.70. The second kappa shape index (κ2) is 7.39. The van der Waals surface area contributed by atoms with Crippen LogP contribution in [0.1, 0.15) is 33.7 Å². The molecule has 4 nitrogen and oxygen atoms in total. The molecule has 128 valence electrons. The van der Waals surface area contributed by atoms with Gasteiger partial charge in [-0.25, -0.2) is 0 Å². The van der Waals surface area contributed by atoms with Crippen LogP contribution < -0.4 is 9.47 Å². The number of carboxylic acid groups (broad SMARTS) is 1. The zero-order valence-electron chi connectivity index (χ0n) is 14.8. The molecule has 0 aliphatic carbocycles. The maximum absolute atomic E-state index is 12.0. The van der Waals surface area contributed by atoms with Crippen molar-refractivity contribution in [2.45, 2.75) is 33.1 Å². The van der Waals surface area contributed by atoms with Crippen LogP contribution in [0.25, 0.3) is 0 Å². The topological polar surface area (TPSA) is 55.8 Å². The first-order valence-electron chi connectivity index (χ1n) is 7.88. The van der Waals surface area contributed by atoms with E-state index >= 15 is 0 Å². The average Bonchev–Trinajstić information content (AvgIpc) is 2.52. The van der Waals surface area contributed by atoms with Crippen LogP contribution in [0, 0.1) is 20.8 Å². The van der Waals surface area contributed by atoms with Crippen LogP contribution in [-0.2, 0) is 11.2 Å². The summed E-state index contributed by atoms with van der Waals surface area (Å²) in [6, 6.07) is 9.51. The van der Waals surface area contributed by atoms with Crippen LogP contribution in [0.2, 0.25) is 0 Å². The lowest BCUT2D eigenvalue weighted by Crippen LogP contribution is -2.17. The minimum atomic E-state index is -0.838. The molecule has 2 rings (SSSR count). The van der Waals surface area contributed by atoms with Crippen LogP contribution in [0.3, 0.4) is 0 Å². The largest absolute Gasteiger partial charge is 0.497 e. The molecule has 1 N–H and O–H groups in total. The monoisotopic (exact) mass is 328 g/mol. The van der Waals surface area contributed by atoms with Gasteiger partial charge in [-0.05, 0) is 67.6 Å². The van der Waals surface area contributed by atoms with Gasteiger partial charge in [-0.1, -0.05) is 17.7 Å². The Hall–Kier alpha value is -2.49. The van der Waals surface area contributed by atoms with Crippen molar-refractivity contribution in [3.63, 3.8) is 0 Å². The Morgan fingerprint density at radius 1 is 1.04 bits per heavy atom. The van der Waals surface area contributed by atoms with Gasteiger partial charge in [-0.3, -0.25) is 4.79 Å². The second-order valence-electron chi connectivity index (χ2n) is 6.09. The van der Waals surface area contributed by atoms with Gasteiger partial charge >= 0.3 is 5.97 Å². The van der Waals surface area contributed by atoms with Gasteiger partial charge in [0, 0.05) is 0 Å². The number of aryl methyl sites for hydroxylation is 3. The predicted molar refractivity (Wildman–Crippen MR) is 94.3 cm³/mol. The van der Waals surface area contributed by atoms with E-state index < -0.39 is 11.9 Å². The summed E-state index contributed by atoms with van der Waals surface area (Å²) in [4.78, 5) is 12.0. The molecular weight excluding hydrogens is 304 g/mol. The number of methoxy groups -OCH3 is 2. The van der Waals surface area contributed by atoms with Crippen molar-refractivity contribution in [3.8, 4) is 11.5 Å². The van der Waals surface area contributed by atoms with Gasteiger partial charge < -0.3 is 14.6 Å². The number of carbonyl (C=O) groups is 1. The smallest absolute Gasteiger partial charge is 0.311 e. The lowest BCUT2D eigenvalue weighted by molar-refractivity contribution is -0.138. The molecule has 0 saturated heterocycles. The standard InChI is InChI=1S/C20H24O4/c1-12-8-13(2)19(14(3)9-12)17(20(21)22)11-15-10-16(23-4)6-7-18(15)24-5/h6-10,17H,11H2,1-5H3,(H,21,22). The number of rotatable bonds is 6. The third-order valence-electron chi connectivity index (χ3n) is 4.30. The van der Waals surface area contributed by atoms with E-state index in [9.17, 15) is 9.90 Å². The van der Waals surface area contributed by atoms with Crippen molar-refractivity contribution in [2.24, 2.45) is 0 Å². The van der Waals surface area contributed by atoms with Gasteiger partial charge in [-0.2, -0.15) is 0 Å². The summed E-state index contributed by atoms with van der Waals surface area (Å²) in [5.41, 5.74) is 4.84. The number of hydrogen-bond donors (Lipinski definition) is 1. The minimum Gasteiger partial charge on any atom is -0.497 e. The van der Waals surface area contributed by atoms with Crippen molar-refractivity contribution < 1.29 is 19.4 Å². The molecule has 0 aliphatic heterocycles. The molecule has 24 heavy (non-hydrogen) atoms. The van der Waals surface area contributed by atoms with E-state index in [1.807, 2.05) is 45.0 Å². The molecule has 0 radical (unpaired) electrons. The molecule has 0 amide bonds. The Morgan fingerprint density at radius 3 is 2.17 bits per heavy atom. The molecule has 2 aromatic rings. The average molecular weight is 328 g/mol. The van der Waals surface area contributed by atoms with Crippen LogP contribution in [0.4, 0.5) is 0 Å². The molecule has 0 heterocycles. The third-order valence-corrected chi connectivity index (χ3v) is 4.30. The van der Waals surface area contributed by atoms with Crippen molar-refractivity contribution in [3.05, 3.63) is 58.1 Å². The number of hydrogen-bond acceptors (Lipinski definition) is 3. The van der Waals surface area contributed by atoms with E-state index in [-0.39, 0.29) is 0 Å². The Labute approximate surface area is 143 Å². The van der Waals surface area contributed by atoms with E-state index in [0.717, 1.165) is 27.8 Å². The summed E-state index contributed by atoms with van der Waals surface area (Å²) in [6.45, 7) is 5.95. The highest BCUT2D eigenvalue weighted by molar-refractivity contribution is 5.78. The van der Waals surface area contributed by atoms with E-state index in [2.05, 4.69) is 0 Å². The van der Waals surface area contributed by atoms with Gasteiger partial charge in [0.2, 0.25) is 0 Å². The number of ether oxygens (including phenoxy) is 2. The van der Waals surface area contributed by atoms with E-state index in [4.69, 9.17) is 9.47 Å². The highest BCUT2D eigenvalue weighted by Crippen LogP contribution is 2.33. The summed E-state index contributed by atoms with van der Waals surface area (Å²) in [7, 11) is 3.18. The Kier molecular flexibility index (Phi) is 5.50. The van der Waals surface area contributed by atoms with Crippen LogP contribution in [0.15, 0.2) is 30.3 Å². The van der Waals surface area contributed by atoms with Crippen molar-refractivity contribution in [1.82, 2.24) is 0 Å². The van der Waals surface area contributed by atoms with Crippen LogP contribution >= 0.6 is 0 Å². The molecular formula is C20H24O4. The fraction of sp³-hybridized carbons (Fsp3) is 0.350. The van der Waals surface area contributed by atoms with Crippen molar-refractivity contribution in [1.29, 1.82) is 0 Å². The molecule has 0 aliphatic rings. The molecule has 0 saturated carbocycles. The van der Waals surface area contributed by atoms with Gasteiger partial charge in [0.1, 0.15) is 11.5 Å². The van der Waals surface area contributed by atoms with Gasteiger partial charge in [0.25, 0.3) is 0 Å². The normalized spacial score (nSPS) is 11.9. The summed E-state index contributed by atoms with van der Waals surface area (Å²) < 4.78 is 10.7. The van der Waals surface area contributed by atoms with E-state index in [1.54, 1.807) is 20.3 Å². The molecule has 0 bridgehead atoms. The summed E-state index contributed by atoms with van der Waals surface area (Å²) in [5, 5.41) is 9.82. The van der Waals surface area contributed by atoms with Crippen LogP contribution in [0.5, 0.6) is 11.5 Å². The molecule has 0 fully saturated rings. The maximum atomic E-state index is 12.0. The van der Waals surface area contributed by atoms with E-state index in [1.165, 1.54) is 0 Å². The molecule has 4 heteroatoms. The zero-order chi connectivity index (χ0) is 17.9. The first-order valence-corrected chi connectivity index (χ1v) is 7.88.